The summed E-state index contributed by atoms with van der Waals surface area (Å²) >= 11 is 3.46. The quantitative estimate of drug-likeness (QED) is 0.312. The molecular formula is C22H26BrN3O. The van der Waals surface area contributed by atoms with Gasteiger partial charge >= 0.3 is 0 Å². The number of aromatic nitrogens is 3. The van der Waals surface area contributed by atoms with Gasteiger partial charge in [-0.2, -0.15) is 0 Å². The lowest BCUT2D eigenvalue weighted by Crippen LogP contribution is -2.05. The molecule has 1 aliphatic carbocycles. The van der Waals surface area contributed by atoms with Crippen molar-refractivity contribution in [3.63, 3.8) is 0 Å². The highest BCUT2D eigenvalue weighted by Gasteiger charge is 2.12. The first-order valence-electron chi connectivity index (χ1n) is 9.71. The lowest BCUT2D eigenvalue weighted by Gasteiger charge is -2.05. The Hall–Kier alpha value is -2.14. The van der Waals surface area contributed by atoms with Crippen LogP contribution in [0, 0.1) is 5.92 Å². The zero-order valence-electron chi connectivity index (χ0n) is 16.1. The third-order valence-electron chi connectivity index (χ3n) is 5.02. The Labute approximate surface area is 167 Å². The van der Waals surface area contributed by atoms with Crippen LogP contribution in [0.3, 0.4) is 0 Å². The van der Waals surface area contributed by atoms with E-state index in [2.05, 4.69) is 37.8 Å². The van der Waals surface area contributed by atoms with E-state index in [0.717, 1.165) is 37.6 Å². The second-order valence-electron chi connectivity index (χ2n) is 6.80. The number of aromatic amines is 2. The average molecular weight is 428 g/mol. The van der Waals surface area contributed by atoms with Crippen LogP contribution < -0.4 is 5.56 Å². The van der Waals surface area contributed by atoms with Crippen molar-refractivity contribution in [2.24, 2.45) is 5.92 Å². The molecule has 2 aromatic carbocycles. The number of fused-ring (bicyclic) bond motifs is 6. The van der Waals surface area contributed by atoms with Crippen LogP contribution in [0.15, 0.2) is 46.1 Å². The molecule has 2 aromatic heterocycles. The third-order valence-corrected chi connectivity index (χ3v) is 5.51. The van der Waals surface area contributed by atoms with Crippen LogP contribution in [0.25, 0.3) is 32.6 Å². The maximum atomic E-state index is 12.2. The molecule has 0 unspecified atom stereocenters. The molecule has 0 amide bonds. The molecule has 142 valence electrons. The first-order chi connectivity index (χ1) is 13.1. The molecule has 0 spiro atoms. The number of pyridine rings is 1. The second kappa shape index (κ2) is 8.70. The molecular weight excluding hydrogens is 402 g/mol. The van der Waals surface area contributed by atoms with E-state index >= 15 is 0 Å². The van der Waals surface area contributed by atoms with Gasteiger partial charge in [-0.3, -0.25) is 4.79 Å². The first kappa shape index (κ1) is 19.6. The molecule has 5 heteroatoms. The molecule has 27 heavy (non-hydrogen) atoms. The van der Waals surface area contributed by atoms with Crippen molar-refractivity contribution < 1.29 is 0 Å². The van der Waals surface area contributed by atoms with Crippen LogP contribution in [0.2, 0.25) is 0 Å². The predicted octanol–water partition coefficient (Wildman–Crippen LogP) is 6.54. The van der Waals surface area contributed by atoms with E-state index in [1.54, 1.807) is 12.5 Å². The van der Waals surface area contributed by atoms with Gasteiger partial charge in [-0.1, -0.05) is 68.5 Å². The molecule has 0 radical (unpaired) electrons. The fraction of sp³-hybridized carbons (Fsp3) is 0.364. The number of hydrogen-bond acceptors (Lipinski definition) is 2. The summed E-state index contributed by atoms with van der Waals surface area (Å²) in [5.41, 5.74) is 1.70. The molecule has 5 rings (SSSR count). The van der Waals surface area contributed by atoms with Gasteiger partial charge in [0.05, 0.1) is 22.7 Å². The SMILES string of the molecule is CC.CC1CCCC1.O=c1[nH]ccc2c3nc[nH]c3c3ccc(Br)cc3c12. The van der Waals surface area contributed by atoms with E-state index in [0.29, 0.717) is 5.39 Å². The first-order valence-corrected chi connectivity index (χ1v) is 10.5. The van der Waals surface area contributed by atoms with Gasteiger partial charge in [-0.25, -0.2) is 4.98 Å². The van der Waals surface area contributed by atoms with Crippen LogP contribution in [0.1, 0.15) is 46.5 Å². The minimum atomic E-state index is -0.0921. The van der Waals surface area contributed by atoms with Gasteiger partial charge < -0.3 is 9.97 Å². The van der Waals surface area contributed by atoms with Crippen molar-refractivity contribution in [2.75, 3.05) is 0 Å². The molecule has 0 saturated heterocycles. The Balaban J connectivity index is 0.000000223. The van der Waals surface area contributed by atoms with Crippen molar-refractivity contribution in [3.8, 4) is 0 Å². The largest absolute Gasteiger partial charge is 0.344 e. The van der Waals surface area contributed by atoms with Crippen molar-refractivity contribution >= 4 is 48.5 Å². The Kier molecular flexibility index (Phi) is 6.32. The number of halogens is 1. The van der Waals surface area contributed by atoms with Crippen LogP contribution in [0.5, 0.6) is 0 Å². The molecule has 1 saturated carbocycles. The summed E-state index contributed by atoms with van der Waals surface area (Å²) in [5.74, 6) is 1.05. The molecule has 2 heterocycles. The smallest absolute Gasteiger partial charge is 0.256 e. The summed E-state index contributed by atoms with van der Waals surface area (Å²) < 4.78 is 0.948. The van der Waals surface area contributed by atoms with Gasteiger partial charge in [-0.05, 0) is 29.5 Å². The number of nitrogens with one attached hydrogen (secondary N) is 2. The average Bonchev–Trinajstić information content (AvgIpc) is 3.35. The summed E-state index contributed by atoms with van der Waals surface area (Å²) in [4.78, 5) is 22.4. The fourth-order valence-electron chi connectivity index (χ4n) is 3.72. The van der Waals surface area contributed by atoms with Crippen molar-refractivity contribution in [2.45, 2.75) is 46.5 Å². The highest BCUT2D eigenvalue weighted by molar-refractivity contribution is 9.10. The molecule has 0 bridgehead atoms. The number of nitrogens with zero attached hydrogens (tertiary/aromatic N) is 1. The van der Waals surface area contributed by atoms with E-state index in [1.165, 1.54) is 25.7 Å². The summed E-state index contributed by atoms with van der Waals surface area (Å²) in [7, 11) is 0. The highest BCUT2D eigenvalue weighted by Crippen LogP contribution is 2.32. The van der Waals surface area contributed by atoms with Crippen molar-refractivity contribution in [3.05, 3.63) is 51.6 Å². The van der Waals surface area contributed by atoms with Crippen LogP contribution in [0.4, 0.5) is 0 Å². The summed E-state index contributed by atoms with van der Waals surface area (Å²) in [6, 6.07) is 7.81. The predicted molar refractivity (Wildman–Crippen MR) is 118 cm³/mol. The third kappa shape index (κ3) is 3.93. The number of H-pyrrole nitrogens is 2. The van der Waals surface area contributed by atoms with Gasteiger partial charge in [0.15, 0.2) is 0 Å². The van der Waals surface area contributed by atoms with Gasteiger partial charge in [-0.15, -0.1) is 0 Å². The molecule has 1 aliphatic rings. The number of hydrogen-bond donors (Lipinski definition) is 2. The summed E-state index contributed by atoms with van der Waals surface area (Å²) in [6.45, 7) is 6.34. The van der Waals surface area contributed by atoms with E-state index in [-0.39, 0.29) is 5.56 Å². The number of benzene rings is 2. The van der Waals surface area contributed by atoms with E-state index in [1.807, 2.05) is 38.1 Å². The van der Waals surface area contributed by atoms with Crippen LogP contribution >= 0.6 is 15.9 Å². The summed E-state index contributed by atoms with van der Waals surface area (Å²) in [6.07, 6.45) is 9.26. The zero-order chi connectivity index (χ0) is 19.4. The lowest BCUT2D eigenvalue weighted by atomic mass is 10.0. The maximum absolute atomic E-state index is 12.2. The van der Waals surface area contributed by atoms with Gasteiger partial charge in [0.1, 0.15) is 0 Å². The Morgan fingerprint density at radius 1 is 1.04 bits per heavy atom. The van der Waals surface area contributed by atoms with Gasteiger partial charge in [0.25, 0.3) is 5.56 Å². The van der Waals surface area contributed by atoms with Gasteiger partial charge in [0, 0.05) is 21.4 Å². The highest BCUT2D eigenvalue weighted by atomic mass is 79.9. The van der Waals surface area contributed by atoms with E-state index < -0.39 is 0 Å². The van der Waals surface area contributed by atoms with E-state index in [4.69, 9.17) is 0 Å². The maximum Gasteiger partial charge on any atom is 0.256 e. The van der Waals surface area contributed by atoms with Crippen molar-refractivity contribution in [1.29, 1.82) is 0 Å². The Morgan fingerprint density at radius 3 is 2.44 bits per heavy atom. The molecule has 0 aliphatic heterocycles. The Bertz CT molecular complexity index is 1110. The standard InChI is InChI=1S/C14H8BrN3O.C6H12.C2H6/c15-7-1-2-8-10(5-7)11-9(3-4-16-14(11)19)13-12(8)17-6-18-13;1-6-4-2-3-5-6;1-2/h1-6H,(H,16,19)(H,17,18);6H,2-5H2,1H3;1-2H3. The molecule has 4 aromatic rings. The molecule has 1 fully saturated rings. The normalized spacial score (nSPS) is 14.1. The molecule has 2 N–H and O–H groups in total. The molecule has 4 nitrogen and oxygen atoms in total. The van der Waals surface area contributed by atoms with Crippen molar-refractivity contribution in [1.82, 2.24) is 15.0 Å². The summed E-state index contributed by atoms with van der Waals surface area (Å²) in [5, 5.41) is 3.46. The monoisotopic (exact) mass is 427 g/mol. The second-order valence-corrected chi connectivity index (χ2v) is 7.72. The van der Waals surface area contributed by atoms with Gasteiger partial charge in [0.2, 0.25) is 0 Å². The number of imidazole rings is 1. The lowest BCUT2D eigenvalue weighted by molar-refractivity contribution is 0.612. The van der Waals surface area contributed by atoms with Crippen LogP contribution in [-0.2, 0) is 0 Å². The zero-order valence-corrected chi connectivity index (χ0v) is 17.7. The topological polar surface area (TPSA) is 61.5 Å². The minimum Gasteiger partial charge on any atom is -0.344 e. The fourth-order valence-corrected chi connectivity index (χ4v) is 4.08. The van der Waals surface area contributed by atoms with Crippen LogP contribution in [-0.4, -0.2) is 15.0 Å². The molecule has 0 atom stereocenters. The number of rotatable bonds is 0. The Morgan fingerprint density at radius 2 is 1.78 bits per heavy atom. The minimum absolute atomic E-state index is 0.0921. The van der Waals surface area contributed by atoms with E-state index in [9.17, 15) is 4.79 Å².